The summed E-state index contributed by atoms with van der Waals surface area (Å²) in [4.78, 5) is 0.253. The number of benzene rings is 1. The molecule has 1 heterocycles. The van der Waals surface area contributed by atoms with Crippen LogP contribution in [0.25, 0.3) is 5.70 Å². The van der Waals surface area contributed by atoms with Crippen molar-refractivity contribution in [3.05, 3.63) is 53.9 Å². The summed E-state index contributed by atoms with van der Waals surface area (Å²) in [6, 6.07) is 11.6. The molecule has 0 saturated carbocycles. The standard InChI is InChI=1S/C15H13N4O2S/c1-12-13(7-8-19(18-12)14(9-16)10-17)11-22(20,21)15-5-3-2-4-6-15/h2-8,16H,11H2,1H3/q+1. The van der Waals surface area contributed by atoms with Crippen molar-refractivity contribution in [2.75, 3.05) is 0 Å². The maximum absolute atomic E-state index is 12.4. The molecule has 0 fully saturated rings. The lowest BCUT2D eigenvalue weighted by Crippen LogP contribution is -2.37. The number of rotatable bonds is 4. The third-order valence-corrected chi connectivity index (χ3v) is 4.72. The fourth-order valence-electron chi connectivity index (χ4n) is 1.87. The highest BCUT2D eigenvalue weighted by Gasteiger charge is 2.20. The molecule has 110 valence electrons. The van der Waals surface area contributed by atoms with Crippen molar-refractivity contribution in [1.82, 2.24) is 5.10 Å². The lowest BCUT2D eigenvalue weighted by atomic mass is 10.2. The largest absolute Gasteiger partial charge is 0.376 e. The minimum absolute atomic E-state index is 0.0689. The SMILES string of the molecule is Cc1n[n+](C(=C=N)C#N)ccc1CS(=O)(=O)c1ccccc1. The van der Waals surface area contributed by atoms with Crippen LogP contribution in [0, 0.1) is 23.7 Å². The molecule has 0 spiro atoms. The van der Waals surface area contributed by atoms with Gasteiger partial charge in [-0.25, -0.2) is 8.42 Å². The molecule has 0 bridgehead atoms. The molecule has 0 unspecified atom stereocenters. The van der Waals surface area contributed by atoms with Crippen LogP contribution in [-0.2, 0) is 15.6 Å². The molecule has 0 aliphatic carbocycles. The summed E-state index contributed by atoms with van der Waals surface area (Å²) in [6.45, 7) is 1.66. The van der Waals surface area contributed by atoms with Crippen LogP contribution in [0.5, 0.6) is 0 Å². The van der Waals surface area contributed by atoms with Gasteiger partial charge in [-0.15, -0.1) is 0 Å². The van der Waals surface area contributed by atoms with Gasteiger partial charge >= 0.3 is 5.70 Å². The van der Waals surface area contributed by atoms with E-state index in [1.165, 1.54) is 10.9 Å². The zero-order chi connectivity index (χ0) is 16.2. The van der Waals surface area contributed by atoms with E-state index in [9.17, 15) is 8.42 Å². The van der Waals surface area contributed by atoms with E-state index in [2.05, 4.69) is 5.10 Å². The van der Waals surface area contributed by atoms with E-state index in [-0.39, 0.29) is 16.3 Å². The maximum atomic E-state index is 12.4. The van der Waals surface area contributed by atoms with E-state index in [1.54, 1.807) is 49.4 Å². The predicted molar refractivity (Wildman–Crippen MR) is 79.5 cm³/mol. The summed E-state index contributed by atoms with van der Waals surface area (Å²) < 4.78 is 25.9. The molecule has 0 amide bonds. The van der Waals surface area contributed by atoms with E-state index in [1.807, 2.05) is 5.87 Å². The predicted octanol–water partition coefficient (Wildman–Crippen LogP) is 1.26. The van der Waals surface area contributed by atoms with Gasteiger partial charge in [0, 0.05) is 16.7 Å². The van der Waals surface area contributed by atoms with E-state index >= 15 is 0 Å². The number of nitrogens with one attached hydrogen (secondary N) is 1. The van der Waals surface area contributed by atoms with Gasteiger partial charge in [-0.1, -0.05) is 18.2 Å². The monoisotopic (exact) mass is 313 g/mol. The Morgan fingerprint density at radius 1 is 1.32 bits per heavy atom. The topological polar surface area (TPSA) is 98.5 Å². The van der Waals surface area contributed by atoms with Gasteiger partial charge in [0.2, 0.25) is 6.20 Å². The zero-order valence-electron chi connectivity index (χ0n) is 11.8. The molecule has 2 rings (SSSR count). The van der Waals surface area contributed by atoms with Crippen molar-refractivity contribution in [2.45, 2.75) is 17.6 Å². The second-order valence-corrected chi connectivity index (χ2v) is 6.52. The number of sulfone groups is 1. The lowest BCUT2D eigenvalue weighted by molar-refractivity contribution is -0.642. The number of allylic oxidation sites excluding steroid dienone is 1. The fraction of sp³-hybridized carbons (Fsp3) is 0.133. The van der Waals surface area contributed by atoms with Crippen LogP contribution in [0.3, 0.4) is 0 Å². The molecule has 2 aromatic rings. The Kier molecular flexibility index (Phi) is 4.47. The number of hydrogen-bond donors (Lipinski definition) is 1. The molecule has 0 atom stereocenters. The highest BCUT2D eigenvalue weighted by atomic mass is 32.2. The molecule has 6 nitrogen and oxygen atoms in total. The van der Waals surface area contributed by atoms with Crippen LogP contribution < -0.4 is 4.68 Å². The van der Waals surface area contributed by atoms with Crippen molar-refractivity contribution in [2.24, 2.45) is 0 Å². The van der Waals surface area contributed by atoms with Crippen LogP contribution >= 0.6 is 0 Å². The third-order valence-electron chi connectivity index (χ3n) is 3.04. The fourth-order valence-corrected chi connectivity index (χ4v) is 3.32. The van der Waals surface area contributed by atoms with Gasteiger partial charge in [0.1, 0.15) is 5.69 Å². The van der Waals surface area contributed by atoms with Gasteiger partial charge in [0.05, 0.1) is 16.5 Å². The Bertz CT molecular complexity index is 893. The minimum Gasteiger partial charge on any atom is -0.252 e. The van der Waals surface area contributed by atoms with Crippen LogP contribution in [-0.4, -0.2) is 19.4 Å². The summed E-state index contributed by atoms with van der Waals surface area (Å²) in [7, 11) is -3.45. The first kappa shape index (κ1) is 15.6. The van der Waals surface area contributed by atoms with E-state index in [0.717, 1.165) is 0 Å². The smallest absolute Gasteiger partial charge is 0.252 e. The van der Waals surface area contributed by atoms with Crippen LogP contribution in [0.2, 0.25) is 0 Å². The maximum Gasteiger partial charge on any atom is 0.376 e. The number of nitriles is 1. The van der Waals surface area contributed by atoms with Gasteiger partial charge in [0.25, 0.3) is 0 Å². The number of nitrogens with zero attached hydrogens (tertiary/aromatic N) is 3. The second kappa shape index (κ2) is 6.31. The highest BCUT2D eigenvalue weighted by Crippen LogP contribution is 2.16. The molecule has 1 aromatic carbocycles. The molecule has 1 N–H and O–H groups in total. The molecular weight excluding hydrogens is 300 g/mol. The van der Waals surface area contributed by atoms with E-state index in [4.69, 9.17) is 10.7 Å². The Balaban J connectivity index is 2.36. The summed E-state index contributed by atoms with van der Waals surface area (Å²) in [5.41, 5.74) is 0.952. The van der Waals surface area contributed by atoms with Crippen LogP contribution in [0.1, 0.15) is 11.3 Å². The molecule has 22 heavy (non-hydrogen) atoms. The van der Waals surface area contributed by atoms with E-state index in [0.29, 0.717) is 11.3 Å². The number of hydrogen-bond acceptors (Lipinski definition) is 5. The summed E-state index contributed by atoms with van der Waals surface area (Å²) in [5, 5.41) is 20.0. The Labute approximate surface area is 128 Å². The molecular formula is C15H13N4O2S+. The minimum atomic E-state index is -3.45. The van der Waals surface area contributed by atoms with Crippen molar-refractivity contribution >= 4 is 21.4 Å². The average molecular weight is 313 g/mol. The summed E-state index contributed by atoms with van der Waals surface area (Å²) >= 11 is 0. The van der Waals surface area contributed by atoms with Crippen molar-refractivity contribution in [3.63, 3.8) is 0 Å². The highest BCUT2D eigenvalue weighted by molar-refractivity contribution is 7.90. The molecule has 0 aliphatic heterocycles. The Hall–Kier alpha value is -2.81. The first-order valence-electron chi connectivity index (χ1n) is 6.34. The van der Waals surface area contributed by atoms with Crippen molar-refractivity contribution in [1.29, 1.82) is 10.7 Å². The summed E-state index contributed by atoms with van der Waals surface area (Å²) in [5.74, 6) is 1.80. The van der Waals surface area contributed by atoms with Gasteiger partial charge in [-0.05, 0) is 23.7 Å². The average Bonchev–Trinajstić information content (AvgIpc) is 2.52. The normalized spacial score (nSPS) is 10.5. The quantitative estimate of drug-likeness (QED) is 0.522. The molecule has 0 radical (unpaired) electrons. The molecule has 0 saturated heterocycles. The van der Waals surface area contributed by atoms with Crippen molar-refractivity contribution < 1.29 is 13.1 Å². The molecule has 1 aromatic heterocycles. The van der Waals surface area contributed by atoms with Crippen molar-refractivity contribution in [3.8, 4) is 6.07 Å². The molecule has 0 aliphatic rings. The number of aryl methyl sites for hydroxylation is 1. The number of aromatic nitrogens is 2. The van der Waals surface area contributed by atoms with E-state index < -0.39 is 9.84 Å². The first-order chi connectivity index (χ1) is 10.5. The van der Waals surface area contributed by atoms with Gasteiger partial charge in [0.15, 0.2) is 15.9 Å². The lowest BCUT2D eigenvalue weighted by Gasteiger charge is -2.05. The summed E-state index contributed by atoms with van der Waals surface area (Å²) in [6.07, 6.45) is 1.45. The Morgan fingerprint density at radius 2 is 2.00 bits per heavy atom. The van der Waals surface area contributed by atoms with Crippen LogP contribution in [0.4, 0.5) is 0 Å². The Morgan fingerprint density at radius 3 is 2.55 bits per heavy atom. The second-order valence-electron chi connectivity index (χ2n) is 4.53. The van der Waals surface area contributed by atoms with Gasteiger partial charge in [-0.3, -0.25) is 5.41 Å². The van der Waals surface area contributed by atoms with Crippen LogP contribution in [0.15, 0.2) is 47.5 Å². The zero-order valence-corrected chi connectivity index (χ0v) is 12.6. The molecule has 7 heteroatoms. The van der Waals surface area contributed by atoms with Gasteiger partial charge < -0.3 is 0 Å². The first-order valence-corrected chi connectivity index (χ1v) is 7.99. The third kappa shape index (κ3) is 3.26. The van der Waals surface area contributed by atoms with Gasteiger partial charge in [-0.2, -0.15) is 5.26 Å².